The molecule has 1 heterocycles. The minimum absolute atomic E-state index is 0.164. The minimum atomic E-state index is -4.00. The molecule has 1 aromatic carbocycles. The Balaban J connectivity index is 2.23. The van der Waals surface area contributed by atoms with Crippen LogP contribution in [0.5, 0.6) is 0 Å². The van der Waals surface area contributed by atoms with Crippen molar-refractivity contribution in [3.05, 3.63) is 47.4 Å². The maximum absolute atomic E-state index is 13.2. The van der Waals surface area contributed by atoms with E-state index in [9.17, 15) is 17.6 Å². The van der Waals surface area contributed by atoms with E-state index in [1.54, 1.807) is 6.92 Å². The number of sulfonamides is 1. The zero-order chi connectivity index (χ0) is 15.6. The van der Waals surface area contributed by atoms with Crippen LogP contribution in [0, 0.1) is 12.7 Å². The predicted octanol–water partition coefficient (Wildman–Crippen LogP) is 1.30. The van der Waals surface area contributed by atoms with E-state index in [-0.39, 0.29) is 17.3 Å². The van der Waals surface area contributed by atoms with Crippen molar-refractivity contribution in [3.63, 3.8) is 0 Å². The molecule has 2 rings (SSSR count). The average Bonchev–Trinajstić information content (AvgIpc) is 2.82. The highest BCUT2D eigenvalue weighted by Crippen LogP contribution is 2.15. The maximum Gasteiger partial charge on any atom is 0.338 e. The molecule has 2 N–H and O–H groups in total. The molecule has 0 fully saturated rings. The fraction of sp³-hybridized carbons (Fsp3) is 0.167. The minimum Gasteiger partial charge on any atom is -0.478 e. The molecule has 9 heteroatoms. The van der Waals surface area contributed by atoms with Gasteiger partial charge in [-0.2, -0.15) is 0 Å². The third-order valence-corrected chi connectivity index (χ3v) is 3.96. The summed E-state index contributed by atoms with van der Waals surface area (Å²) in [6.07, 6.45) is 1.43. The van der Waals surface area contributed by atoms with Crippen LogP contribution in [0.25, 0.3) is 0 Å². The van der Waals surface area contributed by atoms with E-state index < -0.39 is 27.4 Å². The highest BCUT2D eigenvalue weighted by molar-refractivity contribution is 7.89. The zero-order valence-electron chi connectivity index (χ0n) is 10.8. The Kier molecular flexibility index (Phi) is 4.05. The van der Waals surface area contributed by atoms with Gasteiger partial charge in [-0.3, -0.25) is 0 Å². The summed E-state index contributed by atoms with van der Waals surface area (Å²) >= 11 is 0. The number of carboxylic acid groups (broad SMARTS) is 1. The Morgan fingerprint density at radius 3 is 2.76 bits per heavy atom. The molecule has 112 valence electrons. The summed E-state index contributed by atoms with van der Waals surface area (Å²) < 4.78 is 44.5. The molecule has 0 aliphatic rings. The molecule has 0 radical (unpaired) electrons. The van der Waals surface area contributed by atoms with Crippen molar-refractivity contribution in [2.45, 2.75) is 18.4 Å². The smallest absolute Gasteiger partial charge is 0.338 e. The quantitative estimate of drug-likeness (QED) is 0.861. The Labute approximate surface area is 119 Å². The van der Waals surface area contributed by atoms with E-state index in [0.29, 0.717) is 5.76 Å². The van der Waals surface area contributed by atoms with E-state index in [2.05, 4.69) is 9.71 Å². The van der Waals surface area contributed by atoms with Crippen molar-refractivity contribution >= 4 is 16.0 Å². The van der Waals surface area contributed by atoms with Crippen LogP contribution in [0.2, 0.25) is 0 Å². The Hall–Kier alpha value is -2.26. The van der Waals surface area contributed by atoms with Crippen molar-refractivity contribution in [3.8, 4) is 0 Å². The van der Waals surface area contributed by atoms with Gasteiger partial charge in [0.05, 0.1) is 23.2 Å². The second-order valence-electron chi connectivity index (χ2n) is 4.14. The van der Waals surface area contributed by atoms with Crippen molar-refractivity contribution in [1.29, 1.82) is 0 Å². The molecule has 0 atom stereocenters. The number of hydrogen-bond acceptors (Lipinski definition) is 5. The number of carboxylic acids is 1. The van der Waals surface area contributed by atoms with E-state index >= 15 is 0 Å². The first-order valence-corrected chi connectivity index (χ1v) is 7.22. The highest BCUT2D eigenvalue weighted by Gasteiger charge is 2.19. The summed E-state index contributed by atoms with van der Waals surface area (Å²) in [5, 5.41) is 8.79. The summed E-state index contributed by atoms with van der Waals surface area (Å²) in [4.78, 5) is 14.3. The molecule has 2 aromatic rings. The summed E-state index contributed by atoms with van der Waals surface area (Å²) in [6.45, 7) is 1.46. The van der Waals surface area contributed by atoms with Crippen LogP contribution in [0.15, 0.2) is 33.7 Å². The topological polar surface area (TPSA) is 110 Å². The first-order chi connectivity index (χ1) is 9.79. The summed E-state index contributed by atoms with van der Waals surface area (Å²) in [6, 6.07) is 2.51. The van der Waals surface area contributed by atoms with Crippen molar-refractivity contribution in [2.75, 3.05) is 0 Å². The lowest BCUT2D eigenvalue weighted by molar-refractivity contribution is 0.0691. The Morgan fingerprint density at radius 2 is 2.19 bits per heavy atom. The van der Waals surface area contributed by atoms with Gasteiger partial charge in [-0.1, -0.05) is 0 Å². The van der Waals surface area contributed by atoms with Gasteiger partial charge in [0.1, 0.15) is 11.6 Å². The van der Waals surface area contributed by atoms with Gasteiger partial charge >= 0.3 is 5.97 Å². The molecular weight excluding hydrogens is 303 g/mol. The molecule has 0 aliphatic heterocycles. The van der Waals surface area contributed by atoms with E-state index in [1.165, 1.54) is 6.20 Å². The number of halogens is 1. The van der Waals surface area contributed by atoms with Crippen molar-refractivity contribution < 1.29 is 27.1 Å². The first kappa shape index (κ1) is 15.1. The molecular formula is C12H11FN2O5S. The van der Waals surface area contributed by atoms with Crippen LogP contribution in [-0.2, 0) is 16.6 Å². The van der Waals surface area contributed by atoms with Gasteiger partial charge in [-0.15, -0.1) is 0 Å². The summed E-state index contributed by atoms with van der Waals surface area (Å²) in [5.74, 6) is -1.87. The SMILES string of the molecule is Cc1cnc(CNS(=O)(=O)c2ccc(F)c(C(=O)O)c2)o1. The van der Waals surface area contributed by atoms with Gasteiger partial charge in [0.25, 0.3) is 0 Å². The summed E-state index contributed by atoms with van der Waals surface area (Å²) in [5.41, 5.74) is -0.718. The average molecular weight is 314 g/mol. The Bertz CT molecular complexity index is 785. The largest absolute Gasteiger partial charge is 0.478 e. The molecule has 0 spiro atoms. The van der Waals surface area contributed by atoms with E-state index in [0.717, 1.165) is 18.2 Å². The van der Waals surface area contributed by atoms with Gasteiger partial charge in [-0.05, 0) is 25.1 Å². The lowest BCUT2D eigenvalue weighted by atomic mass is 10.2. The van der Waals surface area contributed by atoms with Crippen LogP contribution >= 0.6 is 0 Å². The van der Waals surface area contributed by atoms with E-state index in [4.69, 9.17) is 9.52 Å². The number of rotatable bonds is 5. The van der Waals surface area contributed by atoms with Crippen LogP contribution in [0.3, 0.4) is 0 Å². The fourth-order valence-corrected chi connectivity index (χ4v) is 2.56. The van der Waals surface area contributed by atoms with Crippen LogP contribution in [-0.4, -0.2) is 24.5 Å². The number of aromatic nitrogens is 1. The van der Waals surface area contributed by atoms with Gasteiger partial charge in [0.15, 0.2) is 0 Å². The summed E-state index contributed by atoms with van der Waals surface area (Å²) in [7, 11) is -4.00. The molecule has 0 amide bonds. The second kappa shape index (κ2) is 5.62. The lowest BCUT2D eigenvalue weighted by Crippen LogP contribution is -2.23. The predicted molar refractivity (Wildman–Crippen MR) is 68.6 cm³/mol. The number of oxazole rings is 1. The second-order valence-corrected chi connectivity index (χ2v) is 5.90. The number of nitrogens with zero attached hydrogens (tertiary/aromatic N) is 1. The number of aromatic carboxylic acids is 1. The number of hydrogen-bond donors (Lipinski definition) is 2. The number of carbonyl (C=O) groups is 1. The number of benzene rings is 1. The number of nitrogens with one attached hydrogen (secondary N) is 1. The van der Waals surface area contributed by atoms with Gasteiger partial charge in [-0.25, -0.2) is 27.3 Å². The molecule has 0 bridgehead atoms. The fourth-order valence-electron chi connectivity index (χ4n) is 1.56. The molecule has 21 heavy (non-hydrogen) atoms. The highest BCUT2D eigenvalue weighted by atomic mass is 32.2. The molecule has 0 aliphatic carbocycles. The lowest BCUT2D eigenvalue weighted by Gasteiger charge is -2.06. The van der Waals surface area contributed by atoms with Crippen molar-refractivity contribution in [1.82, 2.24) is 9.71 Å². The molecule has 0 saturated heterocycles. The first-order valence-electron chi connectivity index (χ1n) is 5.73. The molecule has 7 nitrogen and oxygen atoms in total. The maximum atomic E-state index is 13.2. The number of aryl methyl sites for hydroxylation is 1. The molecule has 0 unspecified atom stereocenters. The van der Waals surface area contributed by atoms with E-state index in [1.807, 2.05) is 0 Å². The monoisotopic (exact) mass is 314 g/mol. The normalized spacial score (nSPS) is 11.5. The van der Waals surface area contributed by atoms with Gasteiger partial charge < -0.3 is 9.52 Å². The standard InChI is InChI=1S/C12H11FN2O5S/c1-7-5-14-11(20-7)6-15-21(18,19)8-2-3-10(13)9(4-8)12(16)17/h2-5,15H,6H2,1H3,(H,16,17). The van der Waals surface area contributed by atoms with Crippen molar-refractivity contribution in [2.24, 2.45) is 0 Å². The van der Waals surface area contributed by atoms with Crippen LogP contribution in [0.4, 0.5) is 4.39 Å². The third-order valence-electron chi connectivity index (χ3n) is 2.56. The van der Waals surface area contributed by atoms with Crippen LogP contribution in [0.1, 0.15) is 22.0 Å². The molecule has 0 saturated carbocycles. The molecule has 1 aromatic heterocycles. The van der Waals surface area contributed by atoms with Gasteiger partial charge in [0, 0.05) is 0 Å². The third kappa shape index (κ3) is 3.44. The Morgan fingerprint density at radius 1 is 1.48 bits per heavy atom. The zero-order valence-corrected chi connectivity index (χ0v) is 11.6. The van der Waals surface area contributed by atoms with Crippen LogP contribution < -0.4 is 4.72 Å². The van der Waals surface area contributed by atoms with Gasteiger partial charge in [0.2, 0.25) is 15.9 Å².